The molecule has 0 aliphatic heterocycles. The van der Waals surface area contributed by atoms with Gasteiger partial charge in [0.2, 0.25) is 0 Å². The summed E-state index contributed by atoms with van der Waals surface area (Å²) >= 11 is 3.38. The lowest BCUT2D eigenvalue weighted by atomic mass is 10.2. The Morgan fingerprint density at radius 3 is 2.61 bits per heavy atom. The first kappa shape index (κ1) is 14.0. The molecule has 4 nitrogen and oxygen atoms in total. The smallest absolute Gasteiger partial charge is 0.143 e. The highest BCUT2D eigenvalue weighted by atomic mass is 32.1. The first-order chi connectivity index (χ1) is 11.4. The Balaban J connectivity index is 1.55. The van der Waals surface area contributed by atoms with Crippen LogP contribution in [0.3, 0.4) is 0 Å². The predicted octanol–water partition coefficient (Wildman–Crippen LogP) is 4.62. The molecule has 0 radical (unpaired) electrons. The summed E-state index contributed by atoms with van der Waals surface area (Å²) in [5, 5.41) is 15.7. The lowest BCUT2D eigenvalue weighted by molar-refractivity contribution is 0.731. The molecule has 3 heterocycles. The van der Waals surface area contributed by atoms with Crippen LogP contribution < -0.4 is 0 Å². The van der Waals surface area contributed by atoms with Gasteiger partial charge in [0.25, 0.3) is 0 Å². The molecule has 0 bridgehead atoms. The lowest BCUT2D eigenvalue weighted by Crippen LogP contribution is -1.95. The van der Waals surface area contributed by atoms with Crippen LogP contribution in [0.2, 0.25) is 0 Å². The molecule has 0 aliphatic rings. The SMILES string of the molecule is C(=C\c1nnn(-c2ccc(-c3cccs3)s2)n1)/c1ccccc1. The Hall–Kier alpha value is -2.57. The quantitative estimate of drug-likeness (QED) is 0.546. The molecule has 1 aromatic carbocycles. The average Bonchev–Trinajstić information content (AvgIpc) is 3.33. The molecule has 0 aliphatic carbocycles. The van der Waals surface area contributed by atoms with E-state index in [1.54, 1.807) is 27.5 Å². The number of rotatable bonds is 4. The molecular formula is C17H12N4S2. The van der Waals surface area contributed by atoms with Gasteiger partial charge in [-0.15, -0.1) is 37.7 Å². The molecule has 0 unspecified atom stereocenters. The van der Waals surface area contributed by atoms with Gasteiger partial charge in [0, 0.05) is 9.75 Å². The Kier molecular flexibility index (Phi) is 3.83. The number of aromatic nitrogens is 4. The zero-order chi connectivity index (χ0) is 15.5. The van der Waals surface area contributed by atoms with E-state index >= 15 is 0 Å². The van der Waals surface area contributed by atoms with Gasteiger partial charge in [-0.05, 0) is 40.4 Å². The van der Waals surface area contributed by atoms with E-state index in [0.717, 1.165) is 10.6 Å². The molecule has 0 spiro atoms. The molecule has 3 aromatic heterocycles. The van der Waals surface area contributed by atoms with Crippen molar-refractivity contribution in [2.45, 2.75) is 0 Å². The highest BCUT2D eigenvalue weighted by Crippen LogP contribution is 2.32. The van der Waals surface area contributed by atoms with Crippen LogP contribution in [0.1, 0.15) is 11.4 Å². The van der Waals surface area contributed by atoms with Crippen molar-refractivity contribution >= 4 is 34.8 Å². The Labute approximate surface area is 141 Å². The first-order valence-electron chi connectivity index (χ1n) is 7.06. The van der Waals surface area contributed by atoms with Crippen LogP contribution in [-0.2, 0) is 0 Å². The molecule has 23 heavy (non-hydrogen) atoms. The number of hydrogen-bond acceptors (Lipinski definition) is 5. The minimum atomic E-state index is 0.597. The molecule has 0 saturated heterocycles. The van der Waals surface area contributed by atoms with E-state index < -0.39 is 0 Å². The monoisotopic (exact) mass is 336 g/mol. The fourth-order valence-electron chi connectivity index (χ4n) is 2.11. The number of hydrogen-bond donors (Lipinski definition) is 0. The first-order valence-corrected chi connectivity index (χ1v) is 8.75. The van der Waals surface area contributed by atoms with Crippen LogP contribution in [0.15, 0.2) is 60.0 Å². The fourth-order valence-corrected chi connectivity index (χ4v) is 3.85. The van der Waals surface area contributed by atoms with Crippen molar-refractivity contribution in [3.8, 4) is 14.8 Å². The number of thiophene rings is 2. The van der Waals surface area contributed by atoms with E-state index in [1.165, 1.54) is 9.75 Å². The molecule has 0 amide bonds. The maximum Gasteiger partial charge on any atom is 0.198 e. The number of tetrazole rings is 1. The third-order valence-electron chi connectivity index (χ3n) is 3.21. The zero-order valence-corrected chi connectivity index (χ0v) is 13.7. The molecule has 112 valence electrons. The maximum absolute atomic E-state index is 4.41. The van der Waals surface area contributed by atoms with Crippen molar-refractivity contribution in [2.75, 3.05) is 0 Å². The molecular weight excluding hydrogens is 324 g/mol. The number of nitrogens with zero attached hydrogens (tertiary/aromatic N) is 4. The van der Waals surface area contributed by atoms with E-state index in [4.69, 9.17) is 0 Å². The summed E-state index contributed by atoms with van der Waals surface area (Å²) in [5.74, 6) is 0.597. The highest BCUT2D eigenvalue weighted by Gasteiger charge is 2.08. The Bertz CT molecular complexity index is 921. The summed E-state index contributed by atoms with van der Waals surface area (Å²) in [6.07, 6.45) is 3.85. The Morgan fingerprint density at radius 2 is 1.78 bits per heavy atom. The van der Waals surface area contributed by atoms with Gasteiger partial charge in [-0.3, -0.25) is 0 Å². The van der Waals surface area contributed by atoms with E-state index in [0.29, 0.717) is 5.82 Å². The normalized spacial score (nSPS) is 11.3. The van der Waals surface area contributed by atoms with Gasteiger partial charge in [0.15, 0.2) is 5.82 Å². The van der Waals surface area contributed by atoms with Crippen molar-refractivity contribution in [3.05, 3.63) is 71.4 Å². The van der Waals surface area contributed by atoms with Crippen molar-refractivity contribution < 1.29 is 0 Å². The van der Waals surface area contributed by atoms with Crippen molar-refractivity contribution in [1.29, 1.82) is 0 Å². The largest absolute Gasteiger partial charge is 0.198 e. The average molecular weight is 336 g/mol. The standard InChI is InChI=1S/C17H12N4S2/c1-2-5-13(6-3-1)8-10-16-18-20-21(19-16)17-11-9-15(23-17)14-7-4-12-22-14/h1-12H/b10-8+. The molecule has 0 saturated carbocycles. The minimum absolute atomic E-state index is 0.597. The van der Waals surface area contributed by atoms with E-state index in [2.05, 4.69) is 39.0 Å². The van der Waals surface area contributed by atoms with Crippen LogP contribution in [-0.4, -0.2) is 20.2 Å². The summed E-state index contributed by atoms with van der Waals surface area (Å²) in [6.45, 7) is 0. The van der Waals surface area contributed by atoms with E-state index in [-0.39, 0.29) is 0 Å². The van der Waals surface area contributed by atoms with Gasteiger partial charge in [0.1, 0.15) is 5.00 Å². The van der Waals surface area contributed by atoms with Crippen LogP contribution in [0, 0.1) is 0 Å². The molecule has 0 fully saturated rings. The fraction of sp³-hybridized carbons (Fsp3) is 0. The van der Waals surface area contributed by atoms with Crippen molar-refractivity contribution in [2.24, 2.45) is 0 Å². The Morgan fingerprint density at radius 1 is 0.870 bits per heavy atom. The van der Waals surface area contributed by atoms with Gasteiger partial charge in [-0.1, -0.05) is 42.5 Å². The van der Waals surface area contributed by atoms with Crippen LogP contribution in [0.4, 0.5) is 0 Å². The van der Waals surface area contributed by atoms with E-state index in [1.807, 2.05) is 48.6 Å². The van der Waals surface area contributed by atoms with Gasteiger partial charge in [0.05, 0.1) is 0 Å². The zero-order valence-electron chi connectivity index (χ0n) is 12.0. The van der Waals surface area contributed by atoms with Crippen LogP contribution >= 0.6 is 22.7 Å². The molecule has 4 aromatic rings. The minimum Gasteiger partial charge on any atom is -0.143 e. The summed E-state index contributed by atoms with van der Waals surface area (Å²) in [7, 11) is 0. The second kappa shape index (κ2) is 6.28. The lowest BCUT2D eigenvalue weighted by Gasteiger charge is -1.91. The van der Waals surface area contributed by atoms with Gasteiger partial charge in [-0.25, -0.2) is 0 Å². The van der Waals surface area contributed by atoms with Crippen LogP contribution in [0.25, 0.3) is 26.9 Å². The van der Waals surface area contributed by atoms with Crippen molar-refractivity contribution in [1.82, 2.24) is 20.2 Å². The summed E-state index contributed by atoms with van der Waals surface area (Å²) in [6, 6.07) is 18.3. The van der Waals surface area contributed by atoms with E-state index in [9.17, 15) is 0 Å². The third kappa shape index (κ3) is 3.13. The van der Waals surface area contributed by atoms with Gasteiger partial charge >= 0.3 is 0 Å². The molecule has 0 atom stereocenters. The summed E-state index contributed by atoms with van der Waals surface area (Å²) < 4.78 is 0. The molecule has 6 heteroatoms. The second-order valence-electron chi connectivity index (χ2n) is 4.80. The third-order valence-corrected chi connectivity index (χ3v) is 5.32. The summed E-state index contributed by atoms with van der Waals surface area (Å²) in [5.41, 5.74) is 1.11. The summed E-state index contributed by atoms with van der Waals surface area (Å²) in [4.78, 5) is 4.05. The van der Waals surface area contributed by atoms with Crippen molar-refractivity contribution in [3.63, 3.8) is 0 Å². The second-order valence-corrected chi connectivity index (χ2v) is 6.81. The molecule has 0 N–H and O–H groups in total. The topological polar surface area (TPSA) is 43.6 Å². The van der Waals surface area contributed by atoms with Gasteiger partial charge < -0.3 is 0 Å². The van der Waals surface area contributed by atoms with Crippen LogP contribution in [0.5, 0.6) is 0 Å². The molecule has 4 rings (SSSR count). The maximum atomic E-state index is 4.41. The number of benzene rings is 1. The van der Waals surface area contributed by atoms with Gasteiger partial charge in [-0.2, -0.15) is 0 Å². The predicted molar refractivity (Wildman–Crippen MR) is 95.7 cm³/mol. The highest BCUT2D eigenvalue weighted by molar-refractivity contribution is 7.22.